The Bertz CT molecular complexity index is 859. The predicted molar refractivity (Wildman–Crippen MR) is 88.7 cm³/mol. The molecule has 0 atom stereocenters. The molecule has 0 saturated carbocycles. The Morgan fingerprint density at radius 3 is 2.65 bits per heavy atom. The zero-order chi connectivity index (χ0) is 16.4. The Hall–Kier alpha value is -2.47. The lowest BCUT2D eigenvalue weighted by molar-refractivity contribution is 0.102. The van der Waals surface area contributed by atoms with Crippen molar-refractivity contribution in [1.29, 1.82) is 0 Å². The number of hydrogen-bond donors (Lipinski definition) is 1. The topological polar surface area (TPSA) is 55.1 Å². The molecule has 1 N–H and O–H groups in total. The van der Waals surface area contributed by atoms with Crippen LogP contribution in [0.2, 0.25) is 0 Å². The summed E-state index contributed by atoms with van der Waals surface area (Å²) in [6.07, 6.45) is 0. The van der Waals surface area contributed by atoms with Crippen molar-refractivity contribution in [3.8, 4) is 11.3 Å². The van der Waals surface area contributed by atoms with Gasteiger partial charge in [-0.3, -0.25) is 4.79 Å². The monoisotopic (exact) mass is 374 g/mol. The molecule has 4 nitrogen and oxygen atoms in total. The van der Waals surface area contributed by atoms with Crippen LogP contribution in [0, 0.1) is 12.7 Å². The number of aromatic nitrogens is 1. The van der Waals surface area contributed by atoms with Gasteiger partial charge in [0, 0.05) is 15.7 Å². The molecule has 0 radical (unpaired) electrons. The molecule has 0 saturated heterocycles. The van der Waals surface area contributed by atoms with Crippen LogP contribution in [0.4, 0.5) is 10.1 Å². The maximum Gasteiger partial charge on any atom is 0.261 e. The fourth-order valence-corrected chi connectivity index (χ4v) is 2.47. The molecule has 116 valence electrons. The number of carbonyl (C=O) groups is 1. The Morgan fingerprint density at radius 2 is 1.96 bits per heavy atom. The molecular weight excluding hydrogens is 363 g/mol. The molecule has 3 aromatic rings. The predicted octanol–water partition coefficient (Wildman–Crippen LogP) is 4.80. The maximum atomic E-state index is 13.2. The summed E-state index contributed by atoms with van der Waals surface area (Å²) in [7, 11) is 0. The van der Waals surface area contributed by atoms with Crippen molar-refractivity contribution in [3.05, 3.63) is 70.1 Å². The molecule has 0 aliphatic carbocycles. The minimum absolute atomic E-state index is 0.330. The molecule has 1 amide bonds. The van der Waals surface area contributed by atoms with E-state index < -0.39 is 11.7 Å². The third kappa shape index (κ3) is 3.32. The van der Waals surface area contributed by atoms with E-state index in [1.54, 1.807) is 13.0 Å². The number of halogens is 2. The molecule has 0 spiro atoms. The second-order valence-corrected chi connectivity index (χ2v) is 5.85. The van der Waals surface area contributed by atoms with Crippen LogP contribution >= 0.6 is 15.9 Å². The molecule has 0 fully saturated rings. The van der Waals surface area contributed by atoms with E-state index in [4.69, 9.17) is 4.52 Å². The first kappa shape index (κ1) is 15.4. The standard InChI is InChI=1S/C17H12BrFN2O2/c1-10-15(17(22)20-14-4-2-3-13(19)9-14)16(21-23-10)11-5-7-12(18)8-6-11/h2-9H,1H3,(H,20,22). The van der Waals surface area contributed by atoms with Gasteiger partial charge in [-0.1, -0.05) is 39.3 Å². The van der Waals surface area contributed by atoms with Gasteiger partial charge in [-0.2, -0.15) is 0 Å². The molecule has 1 heterocycles. The van der Waals surface area contributed by atoms with E-state index >= 15 is 0 Å². The maximum absolute atomic E-state index is 13.2. The smallest absolute Gasteiger partial charge is 0.261 e. The average Bonchev–Trinajstić information content (AvgIpc) is 2.90. The highest BCUT2D eigenvalue weighted by molar-refractivity contribution is 9.10. The van der Waals surface area contributed by atoms with E-state index in [1.807, 2.05) is 24.3 Å². The second kappa shape index (κ2) is 6.34. The van der Waals surface area contributed by atoms with Crippen molar-refractivity contribution >= 4 is 27.5 Å². The second-order valence-electron chi connectivity index (χ2n) is 4.93. The molecule has 0 unspecified atom stereocenters. The van der Waals surface area contributed by atoms with Crippen LogP contribution in [0.25, 0.3) is 11.3 Å². The van der Waals surface area contributed by atoms with E-state index in [0.717, 1.165) is 10.0 Å². The highest BCUT2D eigenvalue weighted by Crippen LogP contribution is 2.27. The summed E-state index contributed by atoms with van der Waals surface area (Å²) in [5, 5.41) is 6.63. The van der Waals surface area contributed by atoms with E-state index in [2.05, 4.69) is 26.4 Å². The Kier molecular flexibility index (Phi) is 4.25. The van der Waals surface area contributed by atoms with Crippen molar-refractivity contribution in [3.63, 3.8) is 0 Å². The third-order valence-electron chi connectivity index (χ3n) is 3.29. The highest BCUT2D eigenvalue weighted by Gasteiger charge is 2.21. The van der Waals surface area contributed by atoms with Crippen molar-refractivity contribution in [2.24, 2.45) is 0 Å². The minimum Gasteiger partial charge on any atom is -0.360 e. The zero-order valence-electron chi connectivity index (χ0n) is 12.1. The highest BCUT2D eigenvalue weighted by atomic mass is 79.9. The summed E-state index contributed by atoms with van der Waals surface area (Å²) in [6.45, 7) is 1.66. The van der Waals surface area contributed by atoms with Crippen LogP contribution in [0.5, 0.6) is 0 Å². The lowest BCUT2D eigenvalue weighted by Gasteiger charge is -2.06. The van der Waals surface area contributed by atoms with Gasteiger partial charge in [0.25, 0.3) is 5.91 Å². The van der Waals surface area contributed by atoms with Gasteiger partial charge in [0.05, 0.1) is 0 Å². The normalized spacial score (nSPS) is 10.6. The van der Waals surface area contributed by atoms with E-state index in [1.165, 1.54) is 18.2 Å². The molecule has 0 aliphatic heterocycles. The van der Waals surface area contributed by atoms with Crippen molar-refractivity contribution in [2.45, 2.75) is 6.92 Å². The number of aryl methyl sites for hydroxylation is 1. The number of amides is 1. The zero-order valence-corrected chi connectivity index (χ0v) is 13.7. The minimum atomic E-state index is -0.419. The third-order valence-corrected chi connectivity index (χ3v) is 3.82. The lowest BCUT2D eigenvalue weighted by atomic mass is 10.1. The summed E-state index contributed by atoms with van der Waals surface area (Å²) in [5.74, 6) is -0.415. The molecule has 0 bridgehead atoms. The molecule has 3 rings (SSSR count). The number of hydrogen-bond acceptors (Lipinski definition) is 3. The average molecular weight is 375 g/mol. The van der Waals surface area contributed by atoms with Crippen molar-refractivity contribution in [1.82, 2.24) is 5.16 Å². The Balaban J connectivity index is 1.95. The molecule has 2 aromatic carbocycles. The van der Waals surface area contributed by atoms with Gasteiger partial charge in [-0.15, -0.1) is 0 Å². The van der Waals surface area contributed by atoms with Gasteiger partial charge < -0.3 is 9.84 Å². The largest absolute Gasteiger partial charge is 0.360 e. The van der Waals surface area contributed by atoms with Crippen molar-refractivity contribution < 1.29 is 13.7 Å². The van der Waals surface area contributed by atoms with E-state index in [0.29, 0.717) is 22.7 Å². The summed E-state index contributed by atoms with van der Waals surface area (Å²) in [6, 6.07) is 13.1. The van der Waals surface area contributed by atoms with E-state index in [9.17, 15) is 9.18 Å². The van der Waals surface area contributed by atoms with Crippen LogP contribution in [0.1, 0.15) is 16.1 Å². The number of carbonyl (C=O) groups excluding carboxylic acids is 1. The molecule has 0 aliphatic rings. The number of rotatable bonds is 3. The summed E-state index contributed by atoms with van der Waals surface area (Å²) >= 11 is 3.36. The van der Waals surface area contributed by atoms with Crippen LogP contribution in [-0.4, -0.2) is 11.1 Å². The summed E-state index contributed by atoms with van der Waals surface area (Å²) < 4.78 is 19.3. The van der Waals surface area contributed by atoms with Crippen LogP contribution in [0.15, 0.2) is 57.5 Å². The SMILES string of the molecule is Cc1onc(-c2ccc(Br)cc2)c1C(=O)Nc1cccc(F)c1. The first-order chi connectivity index (χ1) is 11.0. The number of benzene rings is 2. The van der Waals surface area contributed by atoms with Crippen LogP contribution in [-0.2, 0) is 0 Å². The summed E-state index contributed by atoms with van der Waals surface area (Å²) in [5.41, 5.74) is 1.91. The first-order valence-corrected chi connectivity index (χ1v) is 7.63. The van der Waals surface area contributed by atoms with Gasteiger partial charge in [-0.25, -0.2) is 4.39 Å². The van der Waals surface area contributed by atoms with Crippen molar-refractivity contribution in [2.75, 3.05) is 5.32 Å². The summed E-state index contributed by atoms with van der Waals surface area (Å²) in [4.78, 5) is 12.5. The van der Waals surface area contributed by atoms with Gasteiger partial charge >= 0.3 is 0 Å². The lowest BCUT2D eigenvalue weighted by Crippen LogP contribution is -2.13. The number of nitrogens with zero attached hydrogens (tertiary/aromatic N) is 1. The van der Waals surface area contributed by atoms with Gasteiger partial charge in [0.15, 0.2) is 0 Å². The fraction of sp³-hybridized carbons (Fsp3) is 0.0588. The molecule has 6 heteroatoms. The molecule has 23 heavy (non-hydrogen) atoms. The number of nitrogens with one attached hydrogen (secondary N) is 1. The fourth-order valence-electron chi connectivity index (χ4n) is 2.20. The molecular formula is C17H12BrFN2O2. The van der Waals surface area contributed by atoms with Crippen LogP contribution in [0.3, 0.4) is 0 Å². The van der Waals surface area contributed by atoms with Crippen LogP contribution < -0.4 is 5.32 Å². The Morgan fingerprint density at radius 1 is 1.22 bits per heavy atom. The quantitative estimate of drug-likeness (QED) is 0.715. The Labute approximate surface area is 140 Å². The first-order valence-electron chi connectivity index (χ1n) is 6.84. The van der Waals surface area contributed by atoms with E-state index in [-0.39, 0.29) is 0 Å². The number of anilines is 1. The molecule has 1 aromatic heterocycles. The van der Waals surface area contributed by atoms with Gasteiger partial charge in [-0.05, 0) is 37.3 Å². The van der Waals surface area contributed by atoms with Gasteiger partial charge in [0.1, 0.15) is 22.8 Å². The van der Waals surface area contributed by atoms with Gasteiger partial charge in [0.2, 0.25) is 0 Å².